The van der Waals surface area contributed by atoms with Crippen LogP contribution in [0.25, 0.3) is 0 Å². The highest BCUT2D eigenvalue weighted by molar-refractivity contribution is 5.31. The minimum atomic E-state index is -0.371. The van der Waals surface area contributed by atoms with Gasteiger partial charge in [-0.1, -0.05) is 6.07 Å². The fourth-order valence-corrected chi connectivity index (χ4v) is 1.74. The molecule has 0 saturated carbocycles. The van der Waals surface area contributed by atoms with E-state index in [2.05, 4.69) is 0 Å². The summed E-state index contributed by atoms with van der Waals surface area (Å²) in [5.41, 5.74) is 0.845. The second-order valence-electron chi connectivity index (χ2n) is 3.89. The van der Waals surface area contributed by atoms with Crippen LogP contribution in [-0.4, -0.2) is 37.8 Å². The van der Waals surface area contributed by atoms with Crippen molar-refractivity contribution in [1.82, 2.24) is 4.90 Å². The predicted octanol–water partition coefficient (Wildman–Crippen LogP) is 1.82. The third kappa shape index (κ3) is 2.93. The van der Waals surface area contributed by atoms with Gasteiger partial charge >= 0.3 is 0 Å². The number of hydrogen-bond acceptors (Lipinski definition) is 3. The molecule has 1 unspecified atom stereocenters. The van der Waals surface area contributed by atoms with Crippen LogP contribution in [0.2, 0.25) is 0 Å². The Morgan fingerprint density at radius 1 is 1.44 bits per heavy atom. The normalized spacial score (nSPS) is 12.9. The van der Waals surface area contributed by atoms with Gasteiger partial charge in [-0.25, -0.2) is 4.39 Å². The largest absolute Gasteiger partial charge is 0.494 e. The van der Waals surface area contributed by atoms with E-state index in [1.807, 2.05) is 25.1 Å². The monoisotopic (exact) mass is 227 g/mol. The molecular weight excluding hydrogens is 209 g/mol. The Labute approximate surface area is 95.5 Å². The first kappa shape index (κ1) is 12.9. The third-order valence-corrected chi connectivity index (χ3v) is 2.59. The SMILES string of the molecule is COc1ccc(C(CCO)N(C)C)cc1F. The molecule has 3 nitrogen and oxygen atoms in total. The van der Waals surface area contributed by atoms with Gasteiger partial charge in [-0.3, -0.25) is 0 Å². The van der Waals surface area contributed by atoms with E-state index in [0.717, 1.165) is 5.56 Å². The van der Waals surface area contributed by atoms with E-state index in [0.29, 0.717) is 6.42 Å². The lowest BCUT2D eigenvalue weighted by Gasteiger charge is -2.24. The van der Waals surface area contributed by atoms with Gasteiger partial charge in [0.15, 0.2) is 11.6 Å². The number of benzene rings is 1. The molecule has 0 aliphatic heterocycles. The van der Waals surface area contributed by atoms with Crippen LogP contribution in [0.15, 0.2) is 18.2 Å². The van der Waals surface area contributed by atoms with Crippen molar-refractivity contribution in [3.05, 3.63) is 29.6 Å². The van der Waals surface area contributed by atoms with Crippen LogP contribution >= 0.6 is 0 Å². The maximum Gasteiger partial charge on any atom is 0.165 e. The van der Waals surface area contributed by atoms with E-state index in [4.69, 9.17) is 9.84 Å². The van der Waals surface area contributed by atoms with Crippen LogP contribution in [0.3, 0.4) is 0 Å². The molecule has 0 aromatic heterocycles. The molecule has 0 heterocycles. The van der Waals surface area contributed by atoms with E-state index in [-0.39, 0.29) is 24.2 Å². The van der Waals surface area contributed by atoms with E-state index >= 15 is 0 Å². The quantitative estimate of drug-likeness (QED) is 0.832. The first-order valence-electron chi connectivity index (χ1n) is 5.21. The molecule has 0 aliphatic rings. The number of hydrogen-bond donors (Lipinski definition) is 1. The van der Waals surface area contributed by atoms with Crippen LogP contribution in [0.4, 0.5) is 4.39 Å². The maximum absolute atomic E-state index is 13.5. The zero-order valence-corrected chi connectivity index (χ0v) is 9.90. The van der Waals surface area contributed by atoms with Crippen molar-refractivity contribution in [1.29, 1.82) is 0 Å². The third-order valence-electron chi connectivity index (χ3n) is 2.59. The molecular formula is C12H18FNO2. The molecule has 1 atom stereocenters. The zero-order valence-electron chi connectivity index (χ0n) is 9.90. The highest BCUT2D eigenvalue weighted by Gasteiger charge is 2.15. The molecule has 1 rings (SSSR count). The van der Waals surface area contributed by atoms with Gasteiger partial charge in [0.1, 0.15) is 0 Å². The summed E-state index contributed by atoms with van der Waals surface area (Å²) < 4.78 is 18.4. The Bertz CT molecular complexity index is 342. The predicted molar refractivity (Wildman–Crippen MR) is 61.1 cm³/mol. The molecule has 0 amide bonds. The van der Waals surface area contributed by atoms with Crippen LogP contribution in [0.1, 0.15) is 18.0 Å². The minimum Gasteiger partial charge on any atom is -0.494 e. The molecule has 0 aliphatic carbocycles. The van der Waals surface area contributed by atoms with Crippen LogP contribution in [0, 0.1) is 5.82 Å². The molecule has 0 radical (unpaired) electrons. The van der Waals surface area contributed by atoms with Crippen LogP contribution in [0.5, 0.6) is 5.75 Å². The van der Waals surface area contributed by atoms with E-state index < -0.39 is 0 Å². The molecule has 90 valence electrons. The molecule has 0 fully saturated rings. The number of nitrogens with zero attached hydrogens (tertiary/aromatic N) is 1. The Hall–Kier alpha value is -1.13. The van der Waals surface area contributed by atoms with Gasteiger partial charge in [0, 0.05) is 12.6 Å². The molecule has 1 aromatic rings. The minimum absolute atomic E-state index is 0.0189. The molecule has 0 bridgehead atoms. The lowest BCUT2D eigenvalue weighted by molar-refractivity contribution is 0.210. The summed E-state index contributed by atoms with van der Waals surface area (Å²) in [4.78, 5) is 1.96. The lowest BCUT2D eigenvalue weighted by atomic mass is 10.0. The van der Waals surface area contributed by atoms with E-state index in [1.54, 1.807) is 6.07 Å². The Kier molecular flexibility index (Phi) is 4.71. The average molecular weight is 227 g/mol. The highest BCUT2D eigenvalue weighted by atomic mass is 19.1. The first-order valence-corrected chi connectivity index (χ1v) is 5.21. The fourth-order valence-electron chi connectivity index (χ4n) is 1.74. The highest BCUT2D eigenvalue weighted by Crippen LogP contribution is 2.26. The zero-order chi connectivity index (χ0) is 12.1. The van der Waals surface area contributed by atoms with Crippen LogP contribution < -0.4 is 4.74 Å². The fraction of sp³-hybridized carbons (Fsp3) is 0.500. The molecule has 16 heavy (non-hydrogen) atoms. The van der Waals surface area contributed by atoms with Crippen molar-refractivity contribution in [3.8, 4) is 5.75 Å². The summed E-state index contributed by atoms with van der Waals surface area (Å²) in [5, 5.41) is 8.97. The van der Waals surface area contributed by atoms with Gasteiger partial charge in [0.05, 0.1) is 7.11 Å². The van der Waals surface area contributed by atoms with Crippen molar-refractivity contribution < 1.29 is 14.2 Å². The average Bonchev–Trinajstić information content (AvgIpc) is 2.25. The molecule has 0 spiro atoms. The summed E-state index contributed by atoms with van der Waals surface area (Å²) in [7, 11) is 5.25. The number of rotatable bonds is 5. The number of aliphatic hydroxyl groups excluding tert-OH is 1. The second-order valence-corrected chi connectivity index (χ2v) is 3.89. The Morgan fingerprint density at radius 3 is 2.56 bits per heavy atom. The van der Waals surface area contributed by atoms with Crippen molar-refractivity contribution in [3.63, 3.8) is 0 Å². The van der Waals surface area contributed by atoms with Gasteiger partial charge in [-0.15, -0.1) is 0 Å². The van der Waals surface area contributed by atoms with Gasteiger partial charge in [-0.2, -0.15) is 0 Å². The standard InChI is InChI=1S/C12H18FNO2/c1-14(2)11(6-7-15)9-4-5-12(16-3)10(13)8-9/h4-5,8,11,15H,6-7H2,1-3H3. The molecule has 1 aromatic carbocycles. The van der Waals surface area contributed by atoms with Crippen molar-refractivity contribution in [2.24, 2.45) is 0 Å². The maximum atomic E-state index is 13.5. The molecule has 1 N–H and O–H groups in total. The summed E-state index contributed by atoms with van der Waals surface area (Å²) in [6, 6.07) is 4.91. The van der Waals surface area contributed by atoms with Gasteiger partial charge in [0.25, 0.3) is 0 Å². The topological polar surface area (TPSA) is 32.7 Å². The number of aliphatic hydroxyl groups is 1. The molecule has 0 saturated heterocycles. The smallest absolute Gasteiger partial charge is 0.165 e. The van der Waals surface area contributed by atoms with Gasteiger partial charge in [-0.05, 0) is 38.2 Å². The lowest BCUT2D eigenvalue weighted by Crippen LogP contribution is -2.21. The van der Waals surface area contributed by atoms with E-state index in [9.17, 15) is 4.39 Å². The molecule has 4 heteroatoms. The summed E-state index contributed by atoms with van der Waals surface area (Å²) in [6.07, 6.45) is 0.582. The van der Waals surface area contributed by atoms with E-state index in [1.165, 1.54) is 13.2 Å². The second kappa shape index (κ2) is 5.82. The summed E-state index contributed by atoms with van der Waals surface area (Å²) in [6.45, 7) is 0.0799. The van der Waals surface area contributed by atoms with Crippen molar-refractivity contribution in [2.45, 2.75) is 12.5 Å². The van der Waals surface area contributed by atoms with Gasteiger partial charge in [0.2, 0.25) is 0 Å². The van der Waals surface area contributed by atoms with Gasteiger partial charge < -0.3 is 14.7 Å². The number of methoxy groups -OCH3 is 1. The van der Waals surface area contributed by atoms with Crippen molar-refractivity contribution in [2.75, 3.05) is 27.8 Å². The summed E-state index contributed by atoms with van der Waals surface area (Å²) in [5.74, 6) is -0.130. The first-order chi connectivity index (χ1) is 7.60. The Morgan fingerprint density at radius 2 is 2.12 bits per heavy atom. The number of ether oxygens (including phenoxy) is 1. The summed E-state index contributed by atoms with van der Waals surface area (Å²) >= 11 is 0. The number of halogens is 1. The van der Waals surface area contributed by atoms with Crippen molar-refractivity contribution >= 4 is 0 Å². The van der Waals surface area contributed by atoms with Crippen LogP contribution in [-0.2, 0) is 0 Å². The Balaban J connectivity index is 2.97.